The molecule has 2 N–H and O–H groups in total. The van der Waals surface area contributed by atoms with E-state index in [1.54, 1.807) is 17.5 Å². The number of benzene rings is 1. The molecule has 1 aromatic carbocycles. The van der Waals surface area contributed by atoms with Crippen molar-refractivity contribution in [2.45, 2.75) is 6.18 Å². The fraction of sp³-hybridized carbons (Fsp3) is 0.0909. The van der Waals surface area contributed by atoms with Gasteiger partial charge < -0.3 is 5.73 Å². The van der Waals surface area contributed by atoms with Gasteiger partial charge in [-0.1, -0.05) is 18.2 Å². The summed E-state index contributed by atoms with van der Waals surface area (Å²) in [5, 5.41) is 2.13. The Kier molecular flexibility index (Phi) is 2.63. The highest BCUT2D eigenvalue weighted by Crippen LogP contribution is 2.38. The molecule has 84 valence electrons. The van der Waals surface area contributed by atoms with E-state index in [2.05, 4.69) is 0 Å². The molecule has 1 heterocycles. The zero-order valence-corrected chi connectivity index (χ0v) is 8.90. The second-order valence-electron chi connectivity index (χ2n) is 3.28. The Morgan fingerprint density at radius 2 is 1.81 bits per heavy atom. The minimum absolute atomic E-state index is 0.169. The van der Waals surface area contributed by atoms with Gasteiger partial charge in [0.25, 0.3) is 0 Å². The van der Waals surface area contributed by atoms with Crippen LogP contribution in [-0.4, -0.2) is 0 Å². The van der Waals surface area contributed by atoms with Crippen LogP contribution in [0.1, 0.15) is 5.56 Å². The number of hydrogen-bond acceptors (Lipinski definition) is 2. The number of halogens is 3. The number of rotatable bonds is 1. The number of anilines is 1. The first-order valence-electron chi connectivity index (χ1n) is 4.49. The van der Waals surface area contributed by atoms with Crippen LogP contribution in [0.25, 0.3) is 11.1 Å². The van der Waals surface area contributed by atoms with E-state index in [0.29, 0.717) is 10.6 Å². The van der Waals surface area contributed by atoms with Gasteiger partial charge in [-0.3, -0.25) is 0 Å². The molecule has 0 bridgehead atoms. The summed E-state index contributed by atoms with van der Waals surface area (Å²) in [5.74, 6) is 0. The summed E-state index contributed by atoms with van der Waals surface area (Å²) >= 11 is 1.23. The number of hydrogen-bond donors (Lipinski definition) is 1. The highest BCUT2D eigenvalue weighted by molar-refractivity contribution is 7.14. The van der Waals surface area contributed by atoms with Crippen LogP contribution in [0.3, 0.4) is 0 Å². The number of thiophene rings is 1. The Labute approximate surface area is 94.3 Å². The zero-order valence-electron chi connectivity index (χ0n) is 8.08. The van der Waals surface area contributed by atoms with Gasteiger partial charge in [-0.2, -0.15) is 13.2 Å². The van der Waals surface area contributed by atoms with Gasteiger partial charge in [0.1, 0.15) is 0 Å². The van der Waals surface area contributed by atoms with E-state index in [4.69, 9.17) is 5.73 Å². The Morgan fingerprint density at radius 3 is 2.38 bits per heavy atom. The standard InChI is InChI=1S/C11H8F3NS/c12-11(13,14)9-4-2-1-3-8(9)7-5-10(15)16-6-7/h1-6H,15H2. The maximum atomic E-state index is 12.7. The summed E-state index contributed by atoms with van der Waals surface area (Å²) in [6, 6.07) is 7.03. The Balaban J connectivity index is 2.57. The van der Waals surface area contributed by atoms with Crippen molar-refractivity contribution in [2.75, 3.05) is 5.73 Å². The normalized spacial score (nSPS) is 11.7. The van der Waals surface area contributed by atoms with Gasteiger partial charge in [-0.15, -0.1) is 11.3 Å². The largest absolute Gasteiger partial charge is 0.417 e. The fourth-order valence-corrected chi connectivity index (χ4v) is 2.13. The lowest BCUT2D eigenvalue weighted by Crippen LogP contribution is -2.06. The molecule has 0 aliphatic rings. The maximum absolute atomic E-state index is 12.7. The fourth-order valence-electron chi connectivity index (χ4n) is 1.48. The van der Waals surface area contributed by atoms with E-state index < -0.39 is 11.7 Å². The summed E-state index contributed by atoms with van der Waals surface area (Å²) in [6.45, 7) is 0. The SMILES string of the molecule is Nc1cc(-c2ccccc2C(F)(F)F)cs1. The molecule has 1 aromatic heterocycles. The van der Waals surface area contributed by atoms with Crippen molar-refractivity contribution in [3.8, 4) is 11.1 Å². The molecule has 0 radical (unpaired) electrons. The Hall–Kier alpha value is -1.49. The lowest BCUT2D eigenvalue weighted by molar-refractivity contribution is -0.137. The number of alkyl halides is 3. The smallest absolute Gasteiger partial charge is 0.391 e. The van der Waals surface area contributed by atoms with Gasteiger partial charge >= 0.3 is 6.18 Å². The minimum atomic E-state index is -4.34. The van der Waals surface area contributed by atoms with Crippen LogP contribution < -0.4 is 5.73 Å². The van der Waals surface area contributed by atoms with E-state index >= 15 is 0 Å². The third-order valence-corrected chi connectivity index (χ3v) is 2.93. The molecule has 2 rings (SSSR count). The van der Waals surface area contributed by atoms with E-state index in [1.807, 2.05) is 0 Å². The van der Waals surface area contributed by atoms with Crippen LogP contribution in [0.15, 0.2) is 35.7 Å². The van der Waals surface area contributed by atoms with Crippen molar-refractivity contribution in [3.05, 3.63) is 41.3 Å². The van der Waals surface area contributed by atoms with Crippen LogP contribution in [0, 0.1) is 0 Å². The molecule has 0 unspecified atom stereocenters. The summed E-state index contributed by atoms with van der Waals surface area (Å²) in [6.07, 6.45) is -4.34. The number of nitrogen functional groups attached to an aromatic ring is 1. The van der Waals surface area contributed by atoms with Crippen molar-refractivity contribution in [3.63, 3.8) is 0 Å². The molecule has 0 fully saturated rings. The maximum Gasteiger partial charge on any atom is 0.417 e. The third kappa shape index (κ3) is 2.04. The molecule has 0 amide bonds. The predicted molar refractivity (Wildman–Crippen MR) is 59.2 cm³/mol. The van der Waals surface area contributed by atoms with Crippen molar-refractivity contribution in [1.82, 2.24) is 0 Å². The summed E-state index contributed by atoms with van der Waals surface area (Å²) in [4.78, 5) is 0. The Morgan fingerprint density at radius 1 is 1.12 bits per heavy atom. The number of nitrogens with two attached hydrogens (primary N) is 1. The lowest BCUT2D eigenvalue weighted by atomic mass is 10.0. The van der Waals surface area contributed by atoms with Gasteiger partial charge in [-0.05, 0) is 23.3 Å². The molecule has 0 saturated carbocycles. The molecule has 0 aliphatic carbocycles. The topological polar surface area (TPSA) is 26.0 Å². The summed E-state index contributed by atoms with van der Waals surface area (Å²) in [5.41, 5.74) is 5.56. The third-order valence-electron chi connectivity index (χ3n) is 2.16. The first kappa shape index (κ1) is 11.0. The lowest BCUT2D eigenvalue weighted by Gasteiger charge is -2.11. The molecule has 1 nitrogen and oxygen atoms in total. The van der Waals surface area contributed by atoms with Crippen molar-refractivity contribution in [1.29, 1.82) is 0 Å². The molecule has 0 atom stereocenters. The molecule has 0 saturated heterocycles. The van der Waals surface area contributed by atoms with Crippen LogP contribution in [-0.2, 0) is 6.18 Å². The first-order chi connectivity index (χ1) is 7.48. The van der Waals surface area contributed by atoms with E-state index in [9.17, 15) is 13.2 Å². The van der Waals surface area contributed by atoms with E-state index in [-0.39, 0.29) is 5.56 Å². The molecule has 5 heteroatoms. The van der Waals surface area contributed by atoms with Crippen molar-refractivity contribution < 1.29 is 13.2 Å². The van der Waals surface area contributed by atoms with Crippen LogP contribution >= 0.6 is 11.3 Å². The van der Waals surface area contributed by atoms with Gasteiger partial charge in [0.15, 0.2) is 0 Å². The molecule has 0 spiro atoms. The highest BCUT2D eigenvalue weighted by Gasteiger charge is 2.33. The second-order valence-corrected chi connectivity index (χ2v) is 4.22. The van der Waals surface area contributed by atoms with Crippen molar-refractivity contribution >= 4 is 16.3 Å². The van der Waals surface area contributed by atoms with E-state index in [0.717, 1.165) is 6.07 Å². The average molecular weight is 243 g/mol. The zero-order chi connectivity index (χ0) is 11.8. The van der Waals surface area contributed by atoms with Crippen molar-refractivity contribution in [2.24, 2.45) is 0 Å². The second kappa shape index (κ2) is 3.83. The Bertz CT molecular complexity index is 502. The molecule has 0 aliphatic heterocycles. The van der Waals surface area contributed by atoms with Gasteiger partial charge in [0.2, 0.25) is 0 Å². The molecule has 16 heavy (non-hydrogen) atoms. The van der Waals surface area contributed by atoms with E-state index in [1.165, 1.54) is 23.5 Å². The average Bonchev–Trinajstić information content (AvgIpc) is 2.64. The molecular formula is C11H8F3NS. The van der Waals surface area contributed by atoms with Crippen LogP contribution in [0.4, 0.5) is 18.2 Å². The van der Waals surface area contributed by atoms with Gasteiger partial charge in [-0.25, -0.2) is 0 Å². The summed E-state index contributed by atoms with van der Waals surface area (Å²) < 4.78 is 38.1. The minimum Gasteiger partial charge on any atom is -0.391 e. The first-order valence-corrected chi connectivity index (χ1v) is 5.37. The summed E-state index contributed by atoms with van der Waals surface area (Å²) in [7, 11) is 0. The quantitative estimate of drug-likeness (QED) is 0.804. The molecule has 2 aromatic rings. The predicted octanol–water partition coefficient (Wildman–Crippen LogP) is 4.02. The van der Waals surface area contributed by atoms with Crippen LogP contribution in [0.5, 0.6) is 0 Å². The monoisotopic (exact) mass is 243 g/mol. The van der Waals surface area contributed by atoms with Gasteiger partial charge in [0, 0.05) is 5.38 Å². The molecular weight excluding hydrogens is 235 g/mol. The highest BCUT2D eigenvalue weighted by atomic mass is 32.1. The van der Waals surface area contributed by atoms with Crippen LogP contribution in [0.2, 0.25) is 0 Å². The van der Waals surface area contributed by atoms with Gasteiger partial charge in [0.05, 0.1) is 10.6 Å².